The van der Waals surface area contributed by atoms with Crippen LogP contribution in [0.5, 0.6) is 11.5 Å². The molecule has 0 radical (unpaired) electrons. The molecule has 0 unspecified atom stereocenters. The number of carbonyl (C=O) groups excluding carboxylic acids is 15. The molecule has 0 bridgehead atoms. The number of aromatic amines is 1. The van der Waals surface area contributed by atoms with E-state index >= 15 is 0 Å². The number of hydrogen-bond donors (Lipinski definition) is 19. The van der Waals surface area contributed by atoms with Gasteiger partial charge >= 0.3 is 29.8 Å². The van der Waals surface area contributed by atoms with Crippen molar-refractivity contribution >= 4 is 117 Å². The van der Waals surface area contributed by atoms with Gasteiger partial charge in [-0.2, -0.15) is 0 Å². The summed E-state index contributed by atoms with van der Waals surface area (Å²) in [5, 5.41) is 105. The Morgan fingerprint density at radius 3 is 1.22 bits per heavy atom. The molecule has 828 valence electrons. The number of H-pyrrole nitrogens is 1. The molecule has 0 spiro atoms. The van der Waals surface area contributed by atoms with Gasteiger partial charge in [0.25, 0.3) is 0 Å². The minimum Gasteiger partial charge on any atom is -0.494 e. The highest BCUT2D eigenvalue weighted by Gasteiger charge is 2.37. The number of Topliss-reactive ketones (excluding diaryl/α,β-unsaturated/α-hetero) is 8. The largest absolute Gasteiger partial charge is 0.494 e. The number of nitrogens with zero attached hydrogens (tertiary/aromatic N) is 1. The van der Waals surface area contributed by atoms with Crippen molar-refractivity contribution in [2.24, 2.45) is 46.5 Å². The van der Waals surface area contributed by atoms with Gasteiger partial charge in [-0.15, -0.1) is 0 Å². The van der Waals surface area contributed by atoms with Gasteiger partial charge in [-0.1, -0.05) is 129 Å². The van der Waals surface area contributed by atoms with Crippen molar-refractivity contribution in [2.75, 3.05) is 65.8 Å². The Bertz CT molecular complexity index is 4590. The SMILES string of the molecule is CC(C)(CC(=O)CCc1cnc[nH]1)C(=O)C[C@@H](CCCCNC(=O)[C@@H](N)CCCCCC(=O)[C@H](CO)NC(=O)CCC(=O)[C@H](CO)NC(=O)CC[C@H](CC(=O)CCCCCCCCCCCOc1ccc(C(=O)O)cc1)C(=O)O)C(=O)C[C@@H](CCCCNC(=O)[C@@H](N)CCCCNC(=O)[C@H](CO)CC(=O)CNC(=O)[C@H](CO)CC(=O)CC[C@H](NC(=O)CCCCCCCCCCCOc1ccc(C(=O)O)cc1)C(=O)O)C(=O)O. The molecule has 148 heavy (non-hydrogen) atoms. The number of carboxylic acids is 5. The molecule has 7 amide bonds. The van der Waals surface area contributed by atoms with Gasteiger partial charge < -0.3 is 109 Å². The fourth-order valence-electron chi connectivity index (χ4n) is 16.6. The zero-order chi connectivity index (χ0) is 110. The van der Waals surface area contributed by atoms with E-state index in [0.29, 0.717) is 95.3 Å². The number of amides is 7. The molecule has 3 aromatic rings. The first-order valence-electron chi connectivity index (χ1n) is 52.4. The number of benzene rings is 2. The number of unbranched alkanes of at least 4 members (excludes halogenated alkanes) is 21. The van der Waals surface area contributed by atoms with Crippen molar-refractivity contribution in [1.82, 2.24) is 47.2 Å². The lowest BCUT2D eigenvalue weighted by Gasteiger charge is -2.26. The van der Waals surface area contributed by atoms with Crippen LogP contribution in [0.4, 0.5) is 0 Å². The average Bonchev–Trinajstić information content (AvgIpc) is 0.922. The highest BCUT2D eigenvalue weighted by molar-refractivity contribution is 5.97. The molecule has 42 nitrogen and oxygen atoms in total. The first kappa shape index (κ1) is 130. The van der Waals surface area contributed by atoms with Crippen LogP contribution in [0.1, 0.15) is 342 Å². The molecule has 0 fully saturated rings. The summed E-state index contributed by atoms with van der Waals surface area (Å²) < 4.78 is 11.3. The van der Waals surface area contributed by atoms with E-state index < -0.39 is 230 Å². The number of carboxylic acid groups (broad SMARTS) is 5. The minimum atomic E-state index is -1.44. The van der Waals surface area contributed by atoms with E-state index in [2.05, 4.69) is 47.2 Å². The lowest BCUT2D eigenvalue weighted by molar-refractivity contribution is -0.145. The summed E-state index contributed by atoms with van der Waals surface area (Å²) in [5.41, 5.74) is 12.3. The predicted octanol–water partition coefficient (Wildman–Crippen LogP) is 8.30. The number of aromatic carboxylic acids is 2. The number of nitrogens with two attached hydrogens (primary N) is 2. The Morgan fingerprint density at radius 2 is 0.743 bits per heavy atom. The highest BCUT2D eigenvalue weighted by Crippen LogP contribution is 2.31. The van der Waals surface area contributed by atoms with Gasteiger partial charge in [-0.3, -0.25) is 81.5 Å². The van der Waals surface area contributed by atoms with Crippen LogP contribution < -0.4 is 58.2 Å². The van der Waals surface area contributed by atoms with E-state index in [-0.39, 0.29) is 151 Å². The van der Waals surface area contributed by atoms with Gasteiger partial charge in [0.05, 0.1) is 99.4 Å². The van der Waals surface area contributed by atoms with E-state index in [0.717, 1.165) is 108 Å². The van der Waals surface area contributed by atoms with Crippen molar-refractivity contribution in [3.63, 3.8) is 0 Å². The number of carbonyl (C=O) groups is 20. The topological polar surface area (TPSA) is 707 Å². The molecule has 1 aromatic heterocycles. The van der Waals surface area contributed by atoms with Gasteiger partial charge in [0, 0.05) is 133 Å². The maximum Gasteiger partial charge on any atom is 0.335 e. The molecule has 10 atom stereocenters. The zero-order valence-electron chi connectivity index (χ0n) is 86.2. The van der Waals surface area contributed by atoms with Crippen molar-refractivity contribution in [3.05, 3.63) is 77.9 Å². The van der Waals surface area contributed by atoms with Crippen LogP contribution in [0.15, 0.2) is 61.1 Å². The maximum atomic E-state index is 14.2. The van der Waals surface area contributed by atoms with Crippen molar-refractivity contribution in [1.29, 1.82) is 0 Å². The number of rotatable bonds is 93. The van der Waals surface area contributed by atoms with Gasteiger partial charge in [0.2, 0.25) is 41.4 Å². The molecule has 0 aliphatic carbocycles. The molecule has 1 heterocycles. The summed E-state index contributed by atoms with van der Waals surface area (Å²) in [6.07, 6.45) is 19.5. The Hall–Kier alpha value is -12.0. The van der Waals surface area contributed by atoms with Crippen LogP contribution in [0, 0.1) is 35.0 Å². The van der Waals surface area contributed by atoms with E-state index in [1.54, 1.807) is 44.3 Å². The Labute approximate surface area is 865 Å². The third-order valence-electron chi connectivity index (χ3n) is 26.0. The van der Waals surface area contributed by atoms with E-state index in [9.17, 15) is 132 Å². The first-order chi connectivity index (χ1) is 70.7. The first-order valence-corrected chi connectivity index (χ1v) is 52.4. The standard InChI is InChI=1S/C106H163N11O31/c1-106(2,63-81(124)43-42-78-64-109-70-114-78)93(129)62-73(30-22-25-54-111-99(135)85(107)33-19-17-20-35-90(126)88(68-120)116-96(132)52-50-91(127)89(69-121)117-95(131)51-41-75(104(143)144)58-79(122)32-18-13-9-5-3-7-11-15-28-56-147-83-45-37-71(38-46-83)101(137)138)92(128)61-74(103(141)142)31-23-26-55-112-100(136)86(108)34-24-27-53-110-97(133)77(67-119)60-82(125)65-113-98(134)76(66-118)59-80(123)44-49-87(105(145)146)115-94(130)36-21-14-10-6-4-8-12-16-29-57-148-84-47-39-72(40-48-84)102(139)140/h37-40,45-48,64,70,73-77,85-89,118-121H,3-36,41-44,49-63,65-69,107-108H2,1-2H3,(H,109,114)(H,110,133)(H,111,135)(H,112,136)(H,113,134)(H,115,130)(H,116,132)(H,117,131)(H,137,138)(H,139,140)(H,141,142)(H,143,144)(H,145,146)/t73-,74-,75-,76+,77+,85+,86+,87+,88+,89+/m1/s1. The smallest absolute Gasteiger partial charge is 0.335 e. The van der Waals surface area contributed by atoms with Gasteiger partial charge in [0.15, 0.2) is 17.3 Å². The summed E-state index contributed by atoms with van der Waals surface area (Å²) in [5.74, 6) is -18.8. The van der Waals surface area contributed by atoms with Crippen LogP contribution in [-0.2, 0) is 92.7 Å². The third kappa shape index (κ3) is 58.7. The number of ether oxygens (including phenoxy) is 2. The fourth-order valence-corrected chi connectivity index (χ4v) is 16.6. The number of imidazole rings is 1. The van der Waals surface area contributed by atoms with Gasteiger partial charge in [0.1, 0.15) is 58.5 Å². The summed E-state index contributed by atoms with van der Waals surface area (Å²) in [6, 6.07) is 6.42. The quantitative estimate of drug-likeness (QED) is 0.0236. The summed E-state index contributed by atoms with van der Waals surface area (Å²) in [6.45, 7) is 0.852. The lowest BCUT2D eigenvalue weighted by Crippen LogP contribution is -2.45. The molecule has 3 rings (SSSR count). The zero-order valence-corrected chi connectivity index (χ0v) is 86.2. The van der Waals surface area contributed by atoms with E-state index in [1.165, 1.54) is 30.6 Å². The number of aliphatic carboxylic acids is 3. The number of ketones is 8. The van der Waals surface area contributed by atoms with Crippen molar-refractivity contribution < 1.29 is 151 Å². The summed E-state index contributed by atoms with van der Waals surface area (Å²) >= 11 is 0. The Morgan fingerprint density at radius 1 is 0.345 bits per heavy atom. The van der Waals surface area contributed by atoms with Crippen LogP contribution in [0.3, 0.4) is 0 Å². The Kier molecular flexibility index (Phi) is 67.3. The second kappa shape index (κ2) is 76.5. The molecular formula is C106H163N11O31. The second-order valence-electron chi connectivity index (χ2n) is 38.9. The van der Waals surface area contributed by atoms with Crippen LogP contribution >= 0.6 is 0 Å². The average molecular weight is 2090 g/mol. The van der Waals surface area contributed by atoms with Gasteiger partial charge in [-0.05, 0) is 151 Å². The lowest BCUT2D eigenvalue weighted by atomic mass is 9.76. The van der Waals surface area contributed by atoms with Crippen molar-refractivity contribution in [2.45, 2.75) is 352 Å². The molecule has 2 aromatic carbocycles. The monoisotopic (exact) mass is 2090 g/mol. The number of aromatic nitrogens is 2. The fraction of sp³-hybridized carbons (Fsp3) is 0.670. The number of aliphatic hydroxyl groups is 4. The van der Waals surface area contributed by atoms with E-state index in [4.69, 9.17) is 31.2 Å². The maximum absolute atomic E-state index is 14.2. The molecule has 0 saturated heterocycles. The van der Waals surface area contributed by atoms with Crippen LogP contribution in [-0.4, -0.2) is 269 Å². The highest BCUT2D eigenvalue weighted by atomic mass is 16.5. The normalized spacial score (nSPS) is 13.4. The number of nitrogens with one attached hydrogen (secondary N) is 8. The van der Waals surface area contributed by atoms with Crippen LogP contribution in [0.2, 0.25) is 0 Å². The molecular weight excluding hydrogens is 1920 g/mol. The molecule has 0 aliphatic heterocycles. The van der Waals surface area contributed by atoms with Crippen LogP contribution in [0.25, 0.3) is 0 Å². The molecule has 42 heteroatoms. The third-order valence-corrected chi connectivity index (χ3v) is 26.0. The minimum absolute atomic E-state index is 0.0322. The summed E-state index contributed by atoms with van der Waals surface area (Å²) in [4.78, 5) is 262. The van der Waals surface area contributed by atoms with Crippen molar-refractivity contribution in [3.8, 4) is 11.5 Å². The Balaban J connectivity index is 1.33. The molecule has 0 aliphatic rings. The molecule has 0 saturated carbocycles. The molecule has 21 N–H and O–H groups in total. The summed E-state index contributed by atoms with van der Waals surface area (Å²) in [7, 11) is 0. The van der Waals surface area contributed by atoms with E-state index in [1.807, 2.05) is 0 Å². The number of hydrogen-bond acceptors (Lipinski definition) is 29. The number of aliphatic hydroxyl groups excluding tert-OH is 4. The number of aryl methyl sites for hydroxylation is 1. The second-order valence-corrected chi connectivity index (χ2v) is 38.9. The van der Waals surface area contributed by atoms with Gasteiger partial charge in [-0.25, -0.2) is 19.4 Å². The predicted molar refractivity (Wildman–Crippen MR) is 543 cm³/mol.